The minimum atomic E-state index is -0.647. The molecule has 0 saturated heterocycles. The van der Waals surface area contributed by atoms with Crippen molar-refractivity contribution >= 4 is 23.6 Å². The third kappa shape index (κ3) is 2.39. The summed E-state index contributed by atoms with van der Waals surface area (Å²) in [4.78, 5) is 0. The molecule has 1 radical (unpaired) electrons. The molecule has 0 aliphatic rings. The molecule has 0 aliphatic carbocycles. The fourth-order valence-corrected chi connectivity index (χ4v) is 1.34. The fraction of sp³-hybridized carbons (Fsp3) is 0.250. The highest BCUT2D eigenvalue weighted by molar-refractivity contribution is 9.10. The number of halogens is 2. The van der Waals surface area contributed by atoms with Crippen LogP contribution in [0.15, 0.2) is 16.6 Å². The van der Waals surface area contributed by atoms with Gasteiger partial charge in [-0.05, 0) is 35.0 Å². The number of ether oxygens (including phenoxy) is 1. The molecule has 0 heterocycles. The van der Waals surface area contributed by atoms with E-state index in [-0.39, 0.29) is 11.5 Å². The van der Waals surface area contributed by atoms with Crippen molar-refractivity contribution in [3.05, 3.63) is 22.4 Å². The second-order valence-electron chi connectivity index (χ2n) is 2.34. The summed E-state index contributed by atoms with van der Waals surface area (Å²) in [5.74, 6) is -0.655. The van der Waals surface area contributed by atoms with Crippen LogP contribution in [0.1, 0.15) is 6.92 Å². The second-order valence-corrected chi connectivity index (χ2v) is 3.20. The van der Waals surface area contributed by atoms with Crippen molar-refractivity contribution in [3.8, 4) is 11.5 Å². The minimum Gasteiger partial charge on any atom is -0.534 e. The van der Waals surface area contributed by atoms with Crippen LogP contribution in [0, 0.1) is 5.82 Å². The van der Waals surface area contributed by atoms with Crippen molar-refractivity contribution < 1.29 is 18.8 Å². The first-order valence-corrected chi connectivity index (χ1v) is 4.73. The molecular weight excluding hydrogens is 254 g/mol. The lowest BCUT2D eigenvalue weighted by Crippen LogP contribution is -2.04. The monoisotopic (exact) mass is 261 g/mol. The molecule has 1 rings (SSSR count). The molecule has 0 bridgehead atoms. The maximum atomic E-state index is 13.5. The fourth-order valence-electron chi connectivity index (χ4n) is 0.942. The lowest BCUT2D eigenvalue weighted by molar-refractivity contribution is 0.315. The molecule has 75 valence electrons. The largest absolute Gasteiger partial charge is 0.569 e. The quantitative estimate of drug-likeness (QED) is 0.842. The molecule has 0 unspecified atom stereocenters. The van der Waals surface area contributed by atoms with Crippen LogP contribution < -0.4 is 9.39 Å². The summed E-state index contributed by atoms with van der Waals surface area (Å²) in [5.41, 5.74) is 0. The van der Waals surface area contributed by atoms with E-state index in [1.54, 1.807) is 13.0 Å². The number of benzene rings is 1. The molecule has 6 heteroatoms. The van der Waals surface area contributed by atoms with E-state index in [9.17, 15) is 4.39 Å². The van der Waals surface area contributed by atoms with E-state index in [2.05, 4.69) is 20.6 Å². The third-order valence-corrected chi connectivity index (χ3v) is 2.11. The van der Waals surface area contributed by atoms with Gasteiger partial charge in [-0.1, -0.05) is 0 Å². The van der Waals surface area contributed by atoms with Gasteiger partial charge in [-0.3, -0.25) is 0 Å². The maximum absolute atomic E-state index is 13.5. The van der Waals surface area contributed by atoms with E-state index >= 15 is 0 Å². The van der Waals surface area contributed by atoms with Gasteiger partial charge in [-0.25, -0.2) is 0 Å². The van der Waals surface area contributed by atoms with Crippen molar-refractivity contribution in [2.24, 2.45) is 0 Å². The molecule has 0 aliphatic heterocycles. The summed E-state index contributed by atoms with van der Waals surface area (Å²) in [6, 6.07) is 3.06. The van der Waals surface area contributed by atoms with Gasteiger partial charge >= 0.3 is 7.69 Å². The topological polar surface area (TPSA) is 38.7 Å². The Bertz CT molecular complexity index is 322. The SMILES string of the molecule is CCOc1ccc(Br)c(O[B]O)c1F. The molecule has 1 N–H and O–H groups in total. The van der Waals surface area contributed by atoms with E-state index in [0.717, 1.165) is 0 Å². The van der Waals surface area contributed by atoms with Crippen molar-refractivity contribution in [3.63, 3.8) is 0 Å². The first-order chi connectivity index (χ1) is 6.70. The predicted octanol–water partition coefficient (Wildman–Crippen LogP) is 1.89. The van der Waals surface area contributed by atoms with Crippen LogP contribution in [0.25, 0.3) is 0 Å². The molecule has 1 aromatic carbocycles. The molecule has 0 saturated carbocycles. The zero-order valence-corrected chi connectivity index (χ0v) is 9.04. The van der Waals surface area contributed by atoms with Gasteiger partial charge in [-0.15, -0.1) is 0 Å². The van der Waals surface area contributed by atoms with E-state index in [4.69, 9.17) is 9.76 Å². The summed E-state index contributed by atoms with van der Waals surface area (Å²) in [7, 11) is 0.416. The Balaban J connectivity index is 3.05. The van der Waals surface area contributed by atoms with Crippen LogP contribution in [-0.4, -0.2) is 19.3 Å². The Kier molecular flexibility index (Phi) is 4.22. The zero-order chi connectivity index (χ0) is 10.6. The summed E-state index contributed by atoms with van der Waals surface area (Å²) in [6.45, 7) is 2.11. The van der Waals surface area contributed by atoms with Crippen LogP contribution in [-0.2, 0) is 0 Å². The van der Waals surface area contributed by atoms with Gasteiger partial charge in [0.25, 0.3) is 0 Å². The first kappa shape index (κ1) is 11.3. The van der Waals surface area contributed by atoms with Crippen LogP contribution in [0.5, 0.6) is 11.5 Å². The van der Waals surface area contributed by atoms with Gasteiger partial charge in [0, 0.05) is 0 Å². The van der Waals surface area contributed by atoms with Crippen molar-refractivity contribution in [1.82, 2.24) is 0 Å². The van der Waals surface area contributed by atoms with Crippen LogP contribution >= 0.6 is 15.9 Å². The van der Waals surface area contributed by atoms with E-state index in [1.807, 2.05) is 0 Å². The minimum absolute atomic E-state index is 0.0903. The third-order valence-electron chi connectivity index (χ3n) is 1.48. The van der Waals surface area contributed by atoms with Gasteiger partial charge in [0.2, 0.25) is 5.82 Å². The lowest BCUT2D eigenvalue weighted by atomic mass is 10.3. The molecule has 0 fully saturated rings. The van der Waals surface area contributed by atoms with Gasteiger partial charge in [0.1, 0.15) is 0 Å². The van der Waals surface area contributed by atoms with Crippen LogP contribution in [0.4, 0.5) is 4.39 Å². The summed E-state index contributed by atoms with van der Waals surface area (Å²) < 4.78 is 23.5. The molecule has 0 aromatic heterocycles. The van der Waals surface area contributed by atoms with E-state index in [1.165, 1.54) is 6.07 Å². The highest BCUT2D eigenvalue weighted by Crippen LogP contribution is 2.33. The number of hydrogen-bond acceptors (Lipinski definition) is 3. The molecule has 3 nitrogen and oxygen atoms in total. The Hall–Kier alpha value is -0.745. The first-order valence-electron chi connectivity index (χ1n) is 3.94. The van der Waals surface area contributed by atoms with Crippen molar-refractivity contribution in [2.75, 3.05) is 6.61 Å². The standard InChI is InChI=1S/C8H8BBrFO3/c1-2-13-6-4-3-5(10)8(7(6)11)14-9-12/h3-4,12H,2H2,1H3. The summed E-state index contributed by atoms with van der Waals surface area (Å²) in [6.07, 6.45) is 0. The number of rotatable bonds is 4. The smallest absolute Gasteiger partial charge is 0.534 e. The van der Waals surface area contributed by atoms with E-state index in [0.29, 0.717) is 18.8 Å². The normalized spacial score (nSPS) is 9.71. The molecule has 0 atom stereocenters. The van der Waals surface area contributed by atoms with Gasteiger partial charge in [0.05, 0.1) is 11.1 Å². The average Bonchev–Trinajstić information content (AvgIpc) is 2.17. The van der Waals surface area contributed by atoms with Crippen molar-refractivity contribution in [1.29, 1.82) is 0 Å². The lowest BCUT2D eigenvalue weighted by Gasteiger charge is -2.10. The Morgan fingerprint density at radius 2 is 2.29 bits per heavy atom. The molecule has 14 heavy (non-hydrogen) atoms. The average molecular weight is 262 g/mol. The van der Waals surface area contributed by atoms with Crippen molar-refractivity contribution in [2.45, 2.75) is 6.92 Å². The second kappa shape index (κ2) is 5.21. The predicted molar refractivity (Wildman–Crippen MR) is 53.9 cm³/mol. The maximum Gasteiger partial charge on any atom is 0.569 e. The molecule has 0 spiro atoms. The highest BCUT2D eigenvalue weighted by atomic mass is 79.9. The van der Waals surface area contributed by atoms with Gasteiger partial charge in [-0.2, -0.15) is 4.39 Å². The van der Waals surface area contributed by atoms with Gasteiger partial charge < -0.3 is 14.4 Å². The molecule has 1 aromatic rings. The van der Waals surface area contributed by atoms with Crippen LogP contribution in [0.2, 0.25) is 0 Å². The van der Waals surface area contributed by atoms with Crippen LogP contribution in [0.3, 0.4) is 0 Å². The Morgan fingerprint density at radius 1 is 1.57 bits per heavy atom. The Labute approximate surface area is 90.3 Å². The Morgan fingerprint density at radius 3 is 2.86 bits per heavy atom. The molecule has 0 amide bonds. The number of hydrogen-bond donors (Lipinski definition) is 1. The molecular formula is C8H8BBrFO3. The van der Waals surface area contributed by atoms with E-state index < -0.39 is 5.82 Å². The summed E-state index contributed by atoms with van der Waals surface area (Å²) in [5, 5.41) is 8.41. The highest BCUT2D eigenvalue weighted by Gasteiger charge is 2.14. The zero-order valence-electron chi connectivity index (χ0n) is 7.46. The van der Waals surface area contributed by atoms with Gasteiger partial charge in [0.15, 0.2) is 11.5 Å². The summed E-state index contributed by atoms with van der Waals surface area (Å²) >= 11 is 3.08.